The summed E-state index contributed by atoms with van der Waals surface area (Å²) in [7, 11) is -7.83. The molecule has 0 radical (unpaired) electrons. The summed E-state index contributed by atoms with van der Waals surface area (Å²) in [6, 6.07) is 2.64. The van der Waals surface area contributed by atoms with Gasteiger partial charge in [-0.1, -0.05) is 171 Å². The zero-order chi connectivity index (χ0) is 86.3. The lowest BCUT2D eigenvalue weighted by Crippen LogP contribution is -2.66. The van der Waals surface area contributed by atoms with Gasteiger partial charge in [-0.25, -0.2) is 0 Å². The predicted octanol–water partition coefficient (Wildman–Crippen LogP) is 17.5. The van der Waals surface area contributed by atoms with Gasteiger partial charge in [-0.15, -0.1) is 0 Å². The van der Waals surface area contributed by atoms with E-state index in [9.17, 15) is 39.9 Å². The number of carboxylic acid groups (broad SMARTS) is 1. The summed E-state index contributed by atoms with van der Waals surface area (Å²) in [6.45, 7) is 64.2. The maximum Gasteiger partial charge on any atom is 0.305 e. The van der Waals surface area contributed by atoms with Crippen molar-refractivity contribution in [1.29, 1.82) is 0 Å². The molecule has 6 aliphatic heterocycles. The third-order valence-corrected chi connectivity index (χ3v) is 45.6. The number of ketones is 1. The van der Waals surface area contributed by atoms with Gasteiger partial charge in [-0.3, -0.25) is 19.2 Å². The average molecular weight is 1700 g/mol. The second-order valence-electron chi connectivity index (χ2n) is 39.7. The molecule has 0 unspecified atom stereocenters. The maximum absolute atomic E-state index is 15.1. The molecule has 6 aliphatic rings. The Bertz CT molecular complexity index is 3250. The summed E-state index contributed by atoms with van der Waals surface area (Å²) < 4.78 is 88.3. The molecule has 6 heterocycles. The number of methoxy groups -OCH3 is 1. The highest BCUT2D eigenvalue weighted by atomic mass is 35.5. The molecule has 6 saturated heterocycles. The Morgan fingerprint density at radius 2 is 1.23 bits per heavy atom. The molecule has 0 aromatic carbocycles. The van der Waals surface area contributed by atoms with E-state index in [1.165, 1.54) is 13.8 Å². The summed E-state index contributed by atoms with van der Waals surface area (Å²) >= 11 is 6.20. The van der Waals surface area contributed by atoms with Crippen LogP contribution in [0.5, 0.6) is 0 Å². The zero-order valence-corrected chi connectivity index (χ0v) is 79.4. The fourth-order valence-corrected chi connectivity index (χ4v) is 24.6. The number of hydrogen-bond acceptors (Lipinski definition) is 21. The van der Waals surface area contributed by atoms with E-state index in [0.717, 1.165) is 18.1 Å². The first-order chi connectivity index (χ1) is 52.3. The van der Waals surface area contributed by atoms with E-state index in [-0.39, 0.29) is 90.4 Å². The van der Waals surface area contributed by atoms with E-state index in [4.69, 9.17) is 71.9 Å². The molecule has 27 heteroatoms. The van der Waals surface area contributed by atoms with Crippen LogP contribution in [0.2, 0.25) is 72.5 Å². The van der Waals surface area contributed by atoms with E-state index in [1.807, 2.05) is 13.0 Å². The van der Waals surface area contributed by atoms with E-state index < -0.39 is 177 Å². The smallest absolute Gasteiger partial charge is 0.305 e. The van der Waals surface area contributed by atoms with Gasteiger partial charge in [0.25, 0.3) is 0 Å². The number of halogens is 1. The van der Waals surface area contributed by atoms with Crippen LogP contribution in [0, 0.1) is 23.7 Å². The molecule has 656 valence electrons. The van der Waals surface area contributed by atoms with Crippen LogP contribution in [0.15, 0.2) is 60.2 Å². The van der Waals surface area contributed by atoms with Gasteiger partial charge in [0.15, 0.2) is 50.6 Å². The van der Waals surface area contributed by atoms with Crippen LogP contribution in [0.25, 0.3) is 0 Å². The maximum atomic E-state index is 15.1. The standard InChI is InChI=1S/C87H153ClO22Si4/c1-30-114(31-2,32-3)110-84(22)48-69(105-86(53-84)50-68(99-61(11)89)45-66(104-86)47-75(92)93)42-55(5)57(7)78(100-62(12)90)58(8)71(91)46-65-44-67(98-23)49-85(103-65)51-70(108-112(26,27)82(16,17)18)43-63(102-85)36-34-33-35-37-72-59(9)74(109-113(28,29)83(19,20)21)52-87(97,106-72)80(96)79-60(10)76(94)77(95)73(101-79)41-54(4)40-64(39-38-56(6)88)107-111(24,25)81(13,14)15/h34,36,38-39,57-60,63-70,72-74,76-80,94-97H,4-6,30-33,35,37,40-53H2,1-3,7-29H3,(H,92,93)/b36-34-,39-38+/t57-,58-,59+,60-,63+,64-,65+,66-,67+,68+,69+,70+,72-,73-,74+,76-,77-,78+,79-,80+,84+,85+,86-,87-/m1/s1. The molecule has 6 fully saturated rings. The lowest BCUT2D eigenvalue weighted by Gasteiger charge is -2.55. The topological polar surface area (TPSA) is 289 Å². The molecule has 0 aliphatic carbocycles. The van der Waals surface area contributed by atoms with Crippen LogP contribution in [-0.2, 0) is 79.5 Å². The van der Waals surface area contributed by atoms with Gasteiger partial charge in [-0.2, -0.15) is 0 Å². The fraction of sp³-hybridized carbons (Fsp3) is 0.839. The number of esters is 2. The molecule has 6 rings (SSSR count). The number of ether oxygens (including phenoxy) is 9. The number of unbranched alkanes of at least 4 members (excludes halogenated alkanes) is 1. The Hall–Kier alpha value is -2.66. The highest BCUT2D eigenvalue weighted by Crippen LogP contribution is 2.52. The van der Waals surface area contributed by atoms with Gasteiger partial charge in [0.2, 0.25) is 0 Å². The number of allylic oxidation sites excluding steroid dienone is 3. The van der Waals surface area contributed by atoms with Crippen molar-refractivity contribution in [3.63, 3.8) is 0 Å². The van der Waals surface area contributed by atoms with Crippen molar-refractivity contribution in [2.75, 3.05) is 7.11 Å². The minimum absolute atomic E-state index is 0.0398. The predicted molar refractivity (Wildman–Crippen MR) is 456 cm³/mol. The van der Waals surface area contributed by atoms with Crippen LogP contribution in [0.1, 0.15) is 241 Å². The van der Waals surface area contributed by atoms with Gasteiger partial charge < -0.3 is 85.9 Å². The molecule has 114 heavy (non-hydrogen) atoms. The van der Waals surface area contributed by atoms with E-state index in [2.05, 4.69) is 168 Å². The van der Waals surface area contributed by atoms with Crippen molar-refractivity contribution in [3.8, 4) is 0 Å². The van der Waals surface area contributed by atoms with Crippen molar-refractivity contribution in [3.05, 3.63) is 60.2 Å². The molecule has 0 aromatic heterocycles. The van der Waals surface area contributed by atoms with Crippen LogP contribution in [-0.4, -0.2) is 210 Å². The second kappa shape index (κ2) is 40.1. The number of Topliss-reactive ketones (excluding diaryl/α,β-unsaturated/α-hetero) is 1. The first kappa shape index (κ1) is 100. The summed E-state index contributed by atoms with van der Waals surface area (Å²) in [5.41, 5.74) is 0.561. The number of carbonyl (C=O) groups is 4. The van der Waals surface area contributed by atoms with Gasteiger partial charge in [0.05, 0.1) is 91.2 Å². The van der Waals surface area contributed by atoms with Crippen molar-refractivity contribution in [1.82, 2.24) is 0 Å². The normalized spacial score (nSPS) is 33.9. The van der Waals surface area contributed by atoms with Crippen molar-refractivity contribution < 1.29 is 105 Å². The summed E-state index contributed by atoms with van der Waals surface area (Å²) in [5, 5.41) is 59.0. The van der Waals surface area contributed by atoms with Crippen LogP contribution < -0.4 is 0 Å². The molecular weight excluding hydrogens is 1540 g/mol. The van der Waals surface area contributed by atoms with Gasteiger partial charge in [-0.05, 0) is 124 Å². The Kier molecular flexibility index (Phi) is 35.2. The molecule has 2 spiro atoms. The number of carboxylic acids is 1. The molecule has 24 atom stereocenters. The third kappa shape index (κ3) is 26.7. The Labute approximate surface area is 694 Å². The lowest BCUT2D eigenvalue weighted by atomic mass is 9.78. The molecular formula is C87H153ClO22Si4. The molecule has 0 saturated carbocycles. The Morgan fingerprint density at radius 3 is 1.79 bits per heavy atom. The first-order valence-corrected chi connectivity index (χ1v) is 54.2. The zero-order valence-electron chi connectivity index (χ0n) is 74.7. The molecule has 0 aromatic rings. The van der Waals surface area contributed by atoms with Crippen molar-refractivity contribution in [2.45, 2.75) is 434 Å². The molecule has 22 nitrogen and oxygen atoms in total. The van der Waals surface area contributed by atoms with Crippen molar-refractivity contribution in [2.24, 2.45) is 23.7 Å². The van der Waals surface area contributed by atoms with E-state index in [0.29, 0.717) is 74.0 Å². The van der Waals surface area contributed by atoms with Crippen LogP contribution >= 0.6 is 11.6 Å². The Balaban J connectivity index is 1.22. The molecule has 5 N–H and O–H groups in total. The fourth-order valence-electron chi connectivity index (χ4n) is 17.3. The summed E-state index contributed by atoms with van der Waals surface area (Å²) in [4.78, 5) is 53.0. The van der Waals surface area contributed by atoms with Crippen LogP contribution in [0.3, 0.4) is 0 Å². The number of aliphatic hydroxyl groups excluding tert-OH is 3. The summed E-state index contributed by atoms with van der Waals surface area (Å²) in [5.74, 6) is -9.50. The second-order valence-corrected chi connectivity index (χ2v) is 59.2. The number of carbonyl (C=O) groups excluding carboxylic acids is 3. The van der Waals surface area contributed by atoms with E-state index >= 15 is 4.79 Å². The largest absolute Gasteiger partial charge is 0.481 e. The number of aliphatic carboxylic acids is 1. The number of aliphatic hydroxyl groups is 4. The van der Waals surface area contributed by atoms with E-state index in [1.54, 1.807) is 27.0 Å². The van der Waals surface area contributed by atoms with Crippen molar-refractivity contribution >= 4 is 68.6 Å². The minimum atomic E-state index is -2.50. The highest BCUT2D eigenvalue weighted by molar-refractivity contribution is 6.75. The number of hydrogen-bond donors (Lipinski definition) is 5. The first-order valence-electron chi connectivity index (χ1n) is 42.5. The SMILES string of the molecule is C=C(Cl)/C=C/[C@H](CC(=C)C[C@H]1O[C@@H]([C@H](O)[C@@]2(O)C[C@H](O[Si](C)(C)C(C)(C)C)[C@@H](C)[C@@H](CCC/C=C\[C@H]3C[C@H](O[Si](C)(C)C(C)(C)C)C[C@@]4(C[C@@H](OC)C[C@@H](CC(=O)[C@@H](C)[C@@H](OC(C)=O)[C@H](C)C(=C)C[C@H]5C[C@](C)(O[Si](CC)(CC)CC)C[C@@]6(C[C@@H](OC(C)=O)C[C@H](CC(=O)O)O6)O5)O4)O3)O2)[C@H](C)[C@@H](O)[C@@H]1O)O[Si](C)(C)C(C)(C)C. The minimum Gasteiger partial charge on any atom is -0.481 e. The summed E-state index contributed by atoms with van der Waals surface area (Å²) in [6.07, 6.45) is -0.241. The van der Waals surface area contributed by atoms with Gasteiger partial charge in [0, 0.05) is 108 Å². The quantitative estimate of drug-likeness (QED) is 0.0127. The molecule has 0 bridgehead atoms. The Morgan fingerprint density at radius 1 is 0.667 bits per heavy atom. The molecule has 0 amide bonds. The lowest BCUT2D eigenvalue weighted by molar-refractivity contribution is -0.349. The van der Waals surface area contributed by atoms with Crippen LogP contribution in [0.4, 0.5) is 0 Å². The third-order valence-electron chi connectivity index (χ3n) is 27.2. The van der Waals surface area contributed by atoms with Gasteiger partial charge in [0.1, 0.15) is 30.2 Å². The highest BCUT2D eigenvalue weighted by Gasteiger charge is 2.60. The monoisotopic (exact) mass is 1700 g/mol. The number of rotatable bonds is 37. The van der Waals surface area contributed by atoms with Gasteiger partial charge >= 0.3 is 17.9 Å². The average Bonchev–Trinajstić information content (AvgIpc) is 0.756.